The van der Waals surface area contributed by atoms with Crippen LogP contribution in [0.2, 0.25) is 5.02 Å². The van der Waals surface area contributed by atoms with Crippen molar-refractivity contribution in [2.24, 2.45) is 0 Å². The normalized spacial score (nSPS) is 16.9. The Bertz CT molecular complexity index is 422. The van der Waals surface area contributed by atoms with Crippen molar-refractivity contribution in [3.05, 3.63) is 28.8 Å². The van der Waals surface area contributed by atoms with Crippen LogP contribution in [-0.4, -0.2) is 37.1 Å². The van der Waals surface area contributed by atoms with Gasteiger partial charge in [0.05, 0.1) is 6.10 Å². The van der Waals surface area contributed by atoms with Crippen LogP contribution in [0.5, 0.6) is 0 Å². The number of carbonyl (C=O) groups excluding carboxylic acids is 1. The standard InChI is InChI=1S/C13H17ClN2O2/c1-18-12-2-4-16(5-3-12)13(17)9-6-10(14)8-11(15)7-9/h6-8,12H,2-5,15H2,1H3. The molecule has 18 heavy (non-hydrogen) atoms. The molecule has 5 heteroatoms. The molecule has 0 aliphatic carbocycles. The summed E-state index contributed by atoms with van der Waals surface area (Å²) in [6, 6.07) is 4.95. The van der Waals surface area contributed by atoms with Gasteiger partial charge in [0, 0.05) is 36.5 Å². The Hall–Kier alpha value is -1.26. The van der Waals surface area contributed by atoms with E-state index in [0.29, 0.717) is 29.4 Å². The topological polar surface area (TPSA) is 55.6 Å². The average molecular weight is 269 g/mol. The fourth-order valence-corrected chi connectivity index (χ4v) is 2.46. The summed E-state index contributed by atoms with van der Waals surface area (Å²) in [4.78, 5) is 14.1. The second kappa shape index (κ2) is 5.59. The fraction of sp³-hybridized carbons (Fsp3) is 0.462. The van der Waals surface area contributed by atoms with E-state index >= 15 is 0 Å². The van der Waals surface area contributed by atoms with Gasteiger partial charge in [0.1, 0.15) is 0 Å². The van der Waals surface area contributed by atoms with Gasteiger partial charge in [0.15, 0.2) is 0 Å². The van der Waals surface area contributed by atoms with Crippen molar-refractivity contribution >= 4 is 23.2 Å². The molecule has 1 fully saturated rings. The first-order chi connectivity index (χ1) is 8.60. The summed E-state index contributed by atoms with van der Waals surface area (Å²) in [7, 11) is 1.71. The number of methoxy groups -OCH3 is 1. The number of rotatable bonds is 2. The molecule has 0 saturated carbocycles. The van der Waals surface area contributed by atoms with Crippen molar-refractivity contribution in [3.63, 3.8) is 0 Å². The third kappa shape index (κ3) is 2.94. The number of amides is 1. The second-order valence-corrected chi connectivity index (χ2v) is 4.94. The predicted molar refractivity (Wildman–Crippen MR) is 71.8 cm³/mol. The van der Waals surface area contributed by atoms with E-state index in [1.165, 1.54) is 0 Å². The Morgan fingerprint density at radius 2 is 2.06 bits per heavy atom. The Morgan fingerprint density at radius 3 is 2.61 bits per heavy atom. The molecule has 1 aromatic carbocycles. The number of hydrogen-bond acceptors (Lipinski definition) is 3. The molecule has 2 rings (SSSR count). The van der Waals surface area contributed by atoms with Gasteiger partial charge in [0.25, 0.3) is 5.91 Å². The van der Waals surface area contributed by atoms with Crippen LogP contribution in [0.15, 0.2) is 18.2 Å². The predicted octanol–water partition coefficient (Wildman–Crippen LogP) is 2.17. The van der Waals surface area contributed by atoms with E-state index in [-0.39, 0.29) is 12.0 Å². The number of nitrogen functional groups attached to an aromatic ring is 1. The molecule has 1 amide bonds. The number of nitrogens with zero attached hydrogens (tertiary/aromatic N) is 1. The van der Waals surface area contributed by atoms with Crippen LogP contribution in [0.4, 0.5) is 5.69 Å². The number of ether oxygens (including phenoxy) is 1. The molecule has 2 N–H and O–H groups in total. The van der Waals surface area contributed by atoms with Gasteiger partial charge in [-0.3, -0.25) is 4.79 Å². The lowest BCUT2D eigenvalue weighted by Gasteiger charge is -2.31. The van der Waals surface area contributed by atoms with E-state index in [0.717, 1.165) is 12.8 Å². The SMILES string of the molecule is COC1CCN(C(=O)c2cc(N)cc(Cl)c2)CC1. The van der Waals surface area contributed by atoms with Crippen LogP contribution in [0.3, 0.4) is 0 Å². The minimum absolute atomic E-state index is 0.0150. The zero-order valence-electron chi connectivity index (χ0n) is 10.4. The molecule has 4 nitrogen and oxygen atoms in total. The van der Waals surface area contributed by atoms with Crippen molar-refractivity contribution in [2.45, 2.75) is 18.9 Å². The first-order valence-corrected chi connectivity index (χ1v) is 6.36. The summed E-state index contributed by atoms with van der Waals surface area (Å²) in [6.07, 6.45) is 2.01. The second-order valence-electron chi connectivity index (χ2n) is 4.50. The summed E-state index contributed by atoms with van der Waals surface area (Å²) in [6.45, 7) is 1.42. The molecule has 98 valence electrons. The van der Waals surface area contributed by atoms with Gasteiger partial charge in [-0.05, 0) is 31.0 Å². The largest absolute Gasteiger partial charge is 0.399 e. The number of hydrogen-bond donors (Lipinski definition) is 1. The monoisotopic (exact) mass is 268 g/mol. The van der Waals surface area contributed by atoms with Gasteiger partial charge in [0.2, 0.25) is 0 Å². The van der Waals surface area contributed by atoms with Crippen molar-refractivity contribution < 1.29 is 9.53 Å². The number of anilines is 1. The van der Waals surface area contributed by atoms with Crippen LogP contribution >= 0.6 is 11.6 Å². The summed E-state index contributed by atoms with van der Waals surface area (Å²) < 4.78 is 5.28. The molecule has 1 saturated heterocycles. The van der Waals surface area contributed by atoms with Gasteiger partial charge in [-0.25, -0.2) is 0 Å². The van der Waals surface area contributed by atoms with Crippen molar-refractivity contribution in [1.82, 2.24) is 4.90 Å². The summed E-state index contributed by atoms with van der Waals surface area (Å²) in [5.74, 6) is -0.0150. The lowest BCUT2D eigenvalue weighted by molar-refractivity contribution is 0.0351. The number of nitrogens with two attached hydrogens (primary N) is 1. The van der Waals surface area contributed by atoms with E-state index in [1.807, 2.05) is 4.90 Å². The van der Waals surface area contributed by atoms with E-state index < -0.39 is 0 Å². The molecule has 0 spiro atoms. The summed E-state index contributed by atoms with van der Waals surface area (Å²) >= 11 is 5.91. The average Bonchev–Trinajstić information content (AvgIpc) is 2.37. The maximum atomic E-state index is 12.3. The first-order valence-electron chi connectivity index (χ1n) is 5.98. The Labute approximate surface area is 112 Å². The maximum Gasteiger partial charge on any atom is 0.253 e. The number of halogens is 1. The summed E-state index contributed by atoms with van der Waals surface area (Å²) in [5, 5.41) is 0.491. The highest BCUT2D eigenvalue weighted by Gasteiger charge is 2.23. The number of benzene rings is 1. The Kier molecular flexibility index (Phi) is 4.09. The van der Waals surface area contributed by atoms with E-state index in [9.17, 15) is 4.79 Å². The molecule has 0 atom stereocenters. The highest BCUT2D eigenvalue weighted by molar-refractivity contribution is 6.31. The molecule has 0 aromatic heterocycles. The van der Waals surface area contributed by atoms with Crippen LogP contribution < -0.4 is 5.73 Å². The molecule has 1 heterocycles. The summed E-state index contributed by atoms with van der Waals surface area (Å²) in [5.41, 5.74) is 6.76. The fourth-order valence-electron chi connectivity index (χ4n) is 2.21. The highest BCUT2D eigenvalue weighted by Crippen LogP contribution is 2.20. The minimum Gasteiger partial charge on any atom is -0.399 e. The van der Waals surface area contributed by atoms with E-state index in [1.54, 1.807) is 25.3 Å². The van der Waals surface area contributed by atoms with Crippen molar-refractivity contribution in [2.75, 3.05) is 25.9 Å². The quantitative estimate of drug-likeness (QED) is 0.837. The van der Waals surface area contributed by atoms with Crippen LogP contribution in [0.25, 0.3) is 0 Å². The van der Waals surface area contributed by atoms with Crippen LogP contribution in [0.1, 0.15) is 23.2 Å². The number of piperidine rings is 1. The van der Waals surface area contributed by atoms with E-state index in [4.69, 9.17) is 22.1 Å². The smallest absolute Gasteiger partial charge is 0.253 e. The number of likely N-dealkylation sites (tertiary alicyclic amines) is 1. The van der Waals surface area contributed by atoms with E-state index in [2.05, 4.69) is 0 Å². The van der Waals surface area contributed by atoms with Crippen LogP contribution in [-0.2, 0) is 4.74 Å². The molecule has 1 aromatic rings. The lowest BCUT2D eigenvalue weighted by atomic mass is 10.1. The van der Waals surface area contributed by atoms with Gasteiger partial charge < -0.3 is 15.4 Å². The Balaban J connectivity index is 2.07. The zero-order chi connectivity index (χ0) is 13.1. The number of carbonyl (C=O) groups is 1. The highest BCUT2D eigenvalue weighted by atomic mass is 35.5. The zero-order valence-corrected chi connectivity index (χ0v) is 11.1. The molecular formula is C13H17ClN2O2. The Morgan fingerprint density at radius 1 is 1.39 bits per heavy atom. The molecular weight excluding hydrogens is 252 g/mol. The lowest BCUT2D eigenvalue weighted by Crippen LogP contribution is -2.40. The van der Waals surface area contributed by atoms with Crippen molar-refractivity contribution in [1.29, 1.82) is 0 Å². The van der Waals surface area contributed by atoms with Crippen molar-refractivity contribution in [3.8, 4) is 0 Å². The van der Waals surface area contributed by atoms with Gasteiger partial charge >= 0.3 is 0 Å². The molecule has 1 aliphatic rings. The van der Waals surface area contributed by atoms with Crippen LogP contribution in [0, 0.1) is 0 Å². The molecule has 0 bridgehead atoms. The third-order valence-electron chi connectivity index (χ3n) is 3.23. The van der Waals surface area contributed by atoms with Gasteiger partial charge in [-0.2, -0.15) is 0 Å². The first kappa shape index (κ1) is 13.2. The molecule has 1 aliphatic heterocycles. The molecule has 0 radical (unpaired) electrons. The molecule has 0 unspecified atom stereocenters. The maximum absolute atomic E-state index is 12.3. The van der Waals surface area contributed by atoms with Gasteiger partial charge in [-0.15, -0.1) is 0 Å². The third-order valence-corrected chi connectivity index (χ3v) is 3.45. The minimum atomic E-state index is -0.0150. The van der Waals surface area contributed by atoms with Gasteiger partial charge in [-0.1, -0.05) is 11.6 Å².